The average molecular weight is 245 g/mol. The highest BCUT2D eigenvalue weighted by Gasteiger charge is 2.18. The lowest BCUT2D eigenvalue weighted by atomic mass is 10.1. The summed E-state index contributed by atoms with van der Waals surface area (Å²) in [5, 5.41) is 3.99. The van der Waals surface area contributed by atoms with Gasteiger partial charge in [-0.25, -0.2) is 0 Å². The fourth-order valence-electron chi connectivity index (χ4n) is 1.74. The molecule has 2 rings (SSSR count). The fourth-order valence-corrected chi connectivity index (χ4v) is 1.74. The van der Waals surface area contributed by atoms with E-state index in [1.807, 2.05) is 26.0 Å². The highest BCUT2D eigenvalue weighted by molar-refractivity contribution is 5.28. The molecule has 0 aliphatic carbocycles. The van der Waals surface area contributed by atoms with Crippen molar-refractivity contribution in [1.29, 1.82) is 0 Å². The predicted molar refractivity (Wildman–Crippen MR) is 70.0 cm³/mol. The summed E-state index contributed by atoms with van der Waals surface area (Å²) in [5.41, 5.74) is 8.42. The Labute approximate surface area is 107 Å². The number of nitrogens with two attached hydrogens (primary N) is 1. The van der Waals surface area contributed by atoms with Gasteiger partial charge in [-0.05, 0) is 24.0 Å². The van der Waals surface area contributed by atoms with E-state index in [0.717, 1.165) is 0 Å². The molecule has 0 saturated heterocycles. The van der Waals surface area contributed by atoms with Crippen molar-refractivity contribution in [2.75, 3.05) is 0 Å². The van der Waals surface area contributed by atoms with Gasteiger partial charge in [-0.1, -0.05) is 43.3 Å². The Morgan fingerprint density at radius 1 is 1.28 bits per heavy atom. The normalized spacial score (nSPS) is 12.9. The molecule has 0 unspecified atom stereocenters. The molecule has 4 nitrogen and oxygen atoms in total. The van der Waals surface area contributed by atoms with Crippen molar-refractivity contribution in [2.24, 2.45) is 11.7 Å². The van der Waals surface area contributed by atoms with Gasteiger partial charge in [0.05, 0.1) is 6.04 Å². The zero-order chi connectivity index (χ0) is 13.1. The molecule has 2 aromatic rings. The molecule has 1 aromatic carbocycles. The largest absolute Gasteiger partial charge is 0.338 e. The van der Waals surface area contributed by atoms with Crippen molar-refractivity contribution >= 4 is 0 Å². The molecule has 0 spiro atoms. The maximum atomic E-state index is 5.98. The second-order valence-corrected chi connectivity index (χ2v) is 4.92. The van der Waals surface area contributed by atoms with Crippen LogP contribution in [0, 0.1) is 12.8 Å². The minimum Gasteiger partial charge on any atom is -0.338 e. The maximum absolute atomic E-state index is 5.98. The first-order valence-corrected chi connectivity index (χ1v) is 6.20. The van der Waals surface area contributed by atoms with E-state index in [2.05, 4.69) is 29.2 Å². The minimum absolute atomic E-state index is 0.192. The number of rotatable bonds is 4. The molecule has 4 heteroatoms. The van der Waals surface area contributed by atoms with Gasteiger partial charge >= 0.3 is 0 Å². The van der Waals surface area contributed by atoms with E-state index in [0.29, 0.717) is 18.1 Å². The van der Waals surface area contributed by atoms with Gasteiger partial charge in [0, 0.05) is 6.42 Å². The third kappa shape index (κ3) is 2.76. The second-order valence-electron chi connectivity index (χ2n) is 4.92. The Kier molecular flexibility index (Phi) is 3.77. The Hall–Kier alpha value is -1.68. The van der Waals surface area contributed by atoms with Gasteiger partial charge in [0.15, 0.2) is 5.82 Å². The van der Waals surface area contributed by atoms with Crippen LogP contribution in [0.2, 0.25) is 0 Å². The predicted octanol–water partition coefficient (Wildman–Crippen LogP) is 2.62. The quantitative estimate of drug-likeness (QED) is 0.899. The van der Waals surface area contributed by atoms with Gasteiger partial charge in [-0.15, -0.1) is 0 Å². The molecule has 0 aliphatic heterocycles. The molecule has 1 aromatic heterocycles. The third-order valence-electron chi connectivity index (χ3n) is 3.10. The summed E-state index contributed by atoms with van der Waals surface area (Å²) in [6.07, 6.45) is 0.682. The summed E-state index contributed by atoms with van der Waals surface area (Å²) < 4.78 is 5.21. The number of aromatic nitrogens is 2. The number of benzene rings is 1. The first-order valence-electron chi connectivity index (χ1n) is 6.20. The monoisotopic (exact) mass is 245 g/mol. The lowest BCUT2D eigenvalue weighted by Gasteiger charge is -2.09. The SMILES string of the molecule is Cc1ccccc1Cc1noc([C@@H](N)C(C)C)n1. The summed E-state index contributed by atoms with van der Waals surface area (Å²) in [5.74, 6) is 1.50. The van der Waals surface area contributed by atoms with Crippen molar-refractivity contribution in [3.05, 3.63) is 47.1 Å². The lowest BCUT2D eigenvalue weighted by Crippen LogP contribution is -2.17. The average Bonchev–Trinajstić information content (AvgIpc) is 2.79. The number of hydrogen-bond acceptors (Lipinski definition) is 4. The molecule has 0 bridgehead atoms. The van der Waals surface area contributed by atoms with Crippen LogP contribution in [0.3, 0.4) is 0 Å². The van der Waals surface area contributed by atoms with Crippen LogP contribution < -0.4 is 5.73 Å². The highest BCUT2D eigenvalue weighted by Crippen LogP contribution is 2.18. The molecule has 96 valence electrons. The molecule has 0 aliphatic rings. The molecule has 1 atom stereocenters. The van der Waals surface area contributed by atoms with E-state index in [1.54, 1.807) is 0 Å². The molecular weight excluding hydrogens is 226 g/mol. The zero-order valence-electron chi connectivity index (χ0n) is 11.1. The number of nitrogens with zero attached hydrogens (tertiary/aromatic N) is 2. The second kappa shape index (κ2) is 5.31. The van der Waals surface area contributed by atoms with E-state index in [-0.39, 0.29) is 12.0 Å². The standard InChI is InChI=1S/C14H19N3O/c1-9(2)13(15)14-16-12(17-18-14)8-11-7-5-4-6-10(11)3/h4-7,9,13H,8,15H2,1-3H3/t13-/m0/s1. The van der Waals surface area contributed by atoms with Crippen LogP contribution in [-0.2, 0) is 6.42 Å². The first kappa shape index (κ1) is 12.8. The highest BCUT2D eigenvalue weighted by atomic mass is 16.5. The number of aryl methyl sites for hydroxylation is 1. The van der Waals surface area contributed by atoms with Gasteiger partial charge in [0.2, 0.25) is 5.89 Å². The Bertz CT molecular complexity index is 519. The van der Waals surface area contributed by atoms with Crippen LogP contribution in [0.15, 0.2) is 28.8 Å². The van der Waals surface area contributed by atoms with Gasteiger partial charge < -0.3 is 10.3 Å². The Morgan fingerprint density at radius 2 is 2.00 bits per heavy atom. The molecule has 0 amide bonds. The Balaban J connectivity index is 2.14. The summed E-state index contributed by atoms with van der Waals surface area (Å²) in [6.45, 7) is 6.15. The zero-order valence-corrected chi connectivity index (χ0v) is 11.1. The minimum atomic E-state index is -0.192. The smallest absolute Gasteiger partial charge is 0.243 e. The van der Waals surface area contributed by atoms with E-state index < -0.39 is 0 Å². The Morgan fingerprint density at radius 3 is 2.67 bits per heavy atom. The van der Waals surface area contributed by atoms with E-state index >= 15 is 0 Å². The summed E-state index contributed by atoms with van der Waals surface area (Å²) in [7, 11) is 0. The fraction of sp³-hybridized carbons (Fsp3) is 0.429. The van der Waals surface area contributed by atoms with E-state index in [9.17, 15) is 0 Å². The maximum Gasteiger partial charge on any atom is 0.243 e. The lowest BCUT2D eigenvalue weighted by molar-refractivity contribution is 0.322. The van der Waals surface area contributed by atoms with Crippen LogP contribution in [0.4, 0.5) is 0 Å². The van der Waals surface area contributed by atoms with Crippen molar-refractivity contribution < 1.29 is 4.52 Å². The molecular formula is C14H19N3O. The van der Waals surface area contributed by atoms with Crippen LogP contribution >= 0.6 is 0 Å². The first-order chi connectivity index (χ1) is 8.58. The van der Waals surface area contributed by atoms with Crippen LogP contribution in [0.1, 0.15) is 42.7 Å². The summed E-state index contributed by atoms with van der Waals surface area (Å²) in [4.78, 5) is 4.37. The molecule has 2 N–H and O–H groups in total. The molecule has 18 heavy (non-hydrogen) atoms. The van der Waals surface area contributed by atoms with Crippen LogP contribution in [0.25, 0.3) is 0 Å². The molecule has 0 saturated carbocycles. The van der Waals surface area contributed by atoms with Crippen molar-refractivity contribution in [1.82, 2.24) is 10.1 Å². The van der Waals surface area contributed by atoms with Crippen LogP contribution in [-0.4, -0.2) is 10.1 Å². The molecule has 0 radical (unpaired) electrons. The molecule has 0 fully saturated rings. The van der Waals surface area contributed by atoms with Crippen molar-refractivity contribution in [3.63, 3.8) is 0 Å². The number of hydrogen-bond donors (Lipinski definition) is 1. The van der Waals surface area contributed by atoms with E-state index in [4.69, 9.17) is 10.3 Å². The van der Waals surface area contributed by atoms with Gasteiger partial charge in [0.25, 0.3) is 0 Å². The topological polar surface area (TPSA) is 64.9 Å². The molecule has 1 heterocycles. The van der Waals surface area contributed by atoms with Crippen molar-refractivity contribution in [2.45, 2.75) is 33.2 Å². The summed E-state index contributed by atoms with van der Waals surface area (Å²) in [6, 6.07) is 8.01. The van der Waals surface area contributed by atoms with Gasteiger partial charge in [-0.2, -0.15) is 4.98 Å². The van der Waals surface area contributed by atoms with E-state index in [1.165, 1.54) is 11.1 Å². The summed E-state index contributed by atoms with van der Waals surface area (Å²) >= 11 is 0. The van der Waals surface area contributed by atoms with Gasteiger partial charge in [0.1, 0.15) is 0 Å². The van der Waals surface area contributed by atoms with Gasteiger partial charge in [-0.3, -0.25) is 0 Å². The third-order valence-corrected chi connectivity index (χ3v) is 3.10. The van der Waals surface area contributed by atoms with Crippen LogP contribution in [0.5, 0.6) is 0 Å². The van der Waals surface area contributed by atoms with Crippen molar-refractivity contribution in [3.8, 4) is 0 Å².